The number of urea groups is 1. The van der Waals surface area contributed by atoms with E-state index in [-0.39, 0.29) is 23.0 Å². The van der Waals surface area contributed by atoms with Crippen molar-refractivity contribution in [3.05, 3.63) is 6.33 Å². The van der Waals surface area contributed by atoms with Gasteiger partial charge < -0.3 is 0 Å². The summed E-state index contributed by atoms with van der Waals surface area (Å²) in [6, 6.07) is -1.57. The van der Waals surface area contributed by atoms with Gasteiger partial charge in [-0.15, -0.1) is 0 Å². The van der Waals surface area contributed by atoms with Crippen molar-refractivity contribution in [2.75, 3.05) is 33.5 Å². The predicted molar refractivity (Wildman–Crippen MR) is 152 cm³/mol. The molecule has 0 saturated carbocycles. The van der Waals surface area contributed by atoms with Crippen LogP contribution < -0.4 is 35.4 Å². The first-order chi connectivity index (χ1) is 20.5. The molecule has 4 heterocycles. The zero-order valence-electron chi connectivity index (χ0n) is 24.9. The van der Waals surface area contributed by atoms with Crippen molar-refractivity contribution in [2.45, 2.75) is 67.9 Å². The second-order valence-corrected chi connectivity index (χ2v) is 20.5. The monoisotopic (exact) mass is 773 g/mol. The molecular weight excluding hydrogens is 738 g/mol. The molecule has 2 fully saturated rings. The maximum atomic E-state index is 14.1. The van der Waals surface area contributed by atoms with Crippen LogP contribution in [-0.4, -0.2) is 119 Å². The van der Waals surface area contributed by atoms with Gasteiger partial charge in [0.25, 0.3) is 0 Å². The second-order valence-electron chi connectivity index (χ2n) is 10.5. The van der Waals surface area contributed by atoms with Gasteiger partial charge in [-0.3, -0.25) is 0 Å². The van der Waals surface area contributed by atoms with Crippen LogP contribution >= 0.6 is 15.3 Å². The van der Waals surface area contributed by atoms with Crippen molar-refractivity contribution in [1.29, 1.82) is 0 Å². The quantitative estimate of drug-likeness (QED) is 0.0422. The van der Waals surface area contributed by atoms with Gasteiger partial charge in [-0.25, -0.2) is 0 Å². The molecule has 2 aliphatic heterocycles. The maximum absolute atomic E-state index is 14.1. The number of aliphatic hydroxyl groups excluding tert-OH is 1. The molecule has 2 aromatic rings. The van der Waals surface area contributed by atoms with Crippen LogP contribution in [0.1, 0.15) is 33.9 Å². The number of likely N-dealkylation sites (N-methyl/N-ethyl adjacent to an activating group) is 2. The molecule has 4 rings (SSSR count). The van der Waals surface area contributed by atoms with E-state index in [2.05, 4.69) is 20.0 Å². The Morgan fingerprint density at radius 2 is 2.00 bits per heavy atom. The molecule has 2 aliphatic rings. The van der Waals surface area contributed by atoms with Gasteiger partial charge in [-0.1, -0.05) is 0 Å². The fourth-order valence-corrected chi connectivity index (χ4v) is 16.3. The number of methoxy groups -OCH3 is 1. The molecule has 18 nitrogen and oxygen atoms in total. The Bertz CT molecular complexity index is 1480. The number of aromatic nitrogens is 4. The molecule has 0 aliphatic carbocycles. The summed E-state index contributed by atoms with van der Waals surface area (Å²) in [4.78, 5) is 52.0. The number of esters is 1. The zero-order chi connectivity index (χ0) is 32.7. The molecule has 7 atom stereocenters. The van der Waals surface area contributed by atoms with Gasteiger partial charge in [0, 0.05) is 0 Å². The Kier molecular flexibility index (Phi) is 10.4. The number of aliphatic hydroxyl groups is 2. The minimum absolute atomic E-state index is 0.0982. The van der Waals surface area contributed by atoms with E-state index in [0.29, 0.717) is 0 Å². The number of carbonyl (C=O) groups excluding carboxylic acids is 3. The summed E-state index contributed by atoms with van der Waals surface area (Å²) in [5, 5.41) is 25.0. The van der Waals surface area contributed by atoms with E-state index in [4.69, 9.17) is 24.5 Å². The number of ether oxygens (including phenoxy) is 3. The topological polar surface area (TPSA) is 234 Å². The Morgan fingerprint density at radius 1 is 1.32 bits per heavy atom. The van der Waals surface area contributed by atoms with E-state index >= 15 is 0 Å². The number of anilines is 1. The van der Waals surface area contributed by atoms with E-state index in [1.165, 1.54) is 50.8 Å². The summed E-state index contributed by atoms with van der Waals surface area (Å²) in [6.07, 6.45) is -3.12. The Balaban J connectivity index is 1.55. The molecule has 2 saturated heterocycles. The van der Waals surface area contributed by atoms with Gasteiger partial charge in [0.1, 0.15) is 0 Å². The third kappa shape index (κ3) is 6.76. The number of fused-ring (bicyclic) bond motifs is 1. The van der Waals surface area contributed by atoms with E-state index in [0.717, 1.165) is 13.5 Å². The molecule has 0 aromatic carbocycles. The molecule has 21 heteroatoms. The zero-order valence-corrected chi connectivity index (χ0v) is 28.8. The summed E-state index contributed by atoms with van der Waals surface area (Å²) in [7, 11) is 5.02. The molecular formula is C23H35IN8O10PS-. The molecule has 0 bridgehead atoms. The number of rotatable bonds is 12. The number of imidazole rings is 1. The molecule has 246 valence electrons. The molecule has 3 amide bonds. The summed E-state index contributed by atoms with van der Waals surface area (Å²) in [5.41, 5.74) is 4.30. The molecule has 2 aromatic heterocycles. The van der Waals surface area contributed by atoms with Crippen molar-refractivity contribution in [2.24, 2.45) is 0 Å². The number of carbonyl (C=O) groups is 3. The second kappa shape index (κ2) is 13.2. The van der Waals surface area contributed by atoms with E-state index in [1.807, 2.05) is 0 Å². The first kappa shape index (κ1) is 34.5. The standard InChI is InChI=1S/C23H35IN8O10PS/c1-10(2)41-19(35)11(3)29-43(38,44-24-15-18(34)31(6)22(36)30(15)5)40-8-12-14(33)23(4,37)20(42-12)32-9-26-13-16(32)27-21(25)28-17(13)39-7/h9-12,14-15,20,33,37H,8H2,1-7H3,(H,29,38)(H2,25,27,28)/q-1/t11-,12?,14+,15+,20?,23+,43?/m0/s1. The van der Waals surface area contributed by atoms with Crippen LogP contribution in [0.4, 0.5) is 10.7 Å². The van der Waals surface area contributed by atoms with Gasteiger partial charge in [-0.2, -0.15) is 0 Å². The van der Waals surface area contributed by atoms with E-state index < -0.39 is 91.3 Å². The van der Waals surface area contributed by atoms with Gasteiger partial charge >= 0.3 is 259 Å². The molecule has 0 spiro atoms. The molecule has 5 N–H and O–H groups in total. The van der Waals surface area contributed by atoms with Crippen LogP contribution in [0.25, 0.3) is 11.2 Å². The van der Waals surface area contributed by atoms with Crippen LogP contribution in [0.15, 0.2) is 6.33 Å². The number of nitrogen functional groups attached to an aromatic ring is 1. The summed E-state index contributed by atoms with van der Waals surface area (Å²) in [5.74, 6) is -1.15. The van der Waals surface area contributed by atoms with Gasteiger partial charge in [0.15, 0.2) is 0 Å². The van der Waals surface area contributed by atoms with E-state index in [1.54, 1.807) is 13.8 Å². The summed E-state index contributed by atoms with van der Waals surface area (Å²) in [6.45, 7) is 1.60. The van der Waals surface area contributed by atoms with Crippen LogP contribution in [0.2, 0.25) is 0 Å². The van der Waals surface area contributed by atoms with Crippen LogP contribution in [0, 0.1) is 0 Å². The van der Waals surface area contributed by atoms with Crippen LogP contribution in [0.3, 0.4) is 0 Å². The number of nitrogens with zero attached hydrogens (tertiary/aromatic N) is 6. The van der Waals surface area contributed by atoms with Gasteiger partial charge in [0.05, 0.1) is 7.11 Å². The van der Waals surface area contributed by atoms with Crippen molar-refractivity contribution in [3.63, 3.8) is 0 Å². The van der Waals surface area contributed by atoms with Crippen LogP contribution in [0.5, 0.6) is 5.88 Å². The van der Waals surface area contributed by atoms with E-state index in [9.17, 15) is 29.2 Å². The van der Waals surface area contributed by atoms with Gasteiger partial charge in [-0.05, 0) is 0 Å². The Morgan fingerprint density at radius 3 is 2.59 bits per heavy atom. The Hall–Kier alpha value is -2.33. The predicted octanol–water partition coefficient (Wildman–Crippen LogP) is -2.93. The van der Waals surface area contributed by atoms with Crippen molar-refractivity contribution in [1.82, 2.24) is 34.4 Å². The molecule has 3 unspecified atom stereocenters. The first-order valence-corrected chi connectivity index (χ1v) is 20.0. The number of nitrogens with one attached hydrogen (secondary N) is 1. The van der Waals surface area contributed by atoms with Gasteiger partial charge in [0.2, 0.25) is 0 Å². The number of amides is 3. The number of alkyl halides is 1. The minimum atomic E-state index is -4.01. The SMILES string of the molecule is COc1nc(N)nc2c1ncn2C1OC(COP(=O)(N[C@@H](C)C(=O)OC(C)C)S[I-][C@H]2C(=O)N(C)C(=O)N2C)[C@@H](O)[C@@]1(C)O. The van der Waals surface area contributed by atoms with Crippen molar-refractivity contribution < 1.29 is 67.7 Å². The third-order valence-corrected chi connectivity index (χ3v) is 19.3. The number of nitrogens with two attached hydrogens (primary N) is 1. The molecule has 44 heavy (non-hydrogen) atoms. The number of imide groups is 1. The fraction of sp³-hybridized carbons (Fsp3) is 0.652. The van der Waals surface area contributed by atoms with Crippen molar-refractivity contribution >= 4 is 50.3 Å². The third-order valence-electron chi connectivity index (χ3n) is 6.75. The normalized spacial score (nSPS) is 27.9. The summed E-state index contributed by atoms with van der Waals surface area (Å²) < 4.78 is 36.9. The number of hydrogen-bond acceptors (Lipinski definition) is 15. The average Bonchev–Trinajstić information content (AvgIpc) is 3.52. The summed E-state index contributed by atoms with van der Waals surface area (Å²) >= 11 is -1.37. The number of halogens is 1. The molecule has 0 radical (unpaired) electrons. The Labute approximate surface area is 265 Å². The fourth-order valence-electron chi connectivity index (χ4n) is 4.41. The van der Waals surface area contributed by atoms with Crippen molar-refractivity contribution in [3.8, 4) is 5.88 Å². The number of hydrogen-bond donors (Lipinski definition) is 4. The first-order valence-electron chi connectivity index (χ1n) is 13.2. The average molecular weight is 774 g/mol. The van der Waals surface area contributed by atoms with Crippen LogP contribution in [-0.2, 0) is 28.2 Å².